The van der Waals surface area contributed by atoms with Crippen LogP contribution in [0, 0.1) is 0 Å². The molecule has 2 rings (SSSR count). The molecule has 1 aromatic carbocycles. The Hall–Kier alpha value is -1.72. The molecule has 0 spiro atoms. The Morgan fingerprint density at radius 3 is 2.88 bits per heavy atom. The lowest BCUT2D eigenvalue weighted by molar-refractivity contribution is -0.0756. The van der Waals surface area contributed by atoms with Gasteiger partial charge in [0.15, 0.2) is 0 Å². The maximum Gasteiger partial charge on any atom is 0.277 e. The zero-order valence-electron chi connectivity index (χ0n) is 9.35. The first kappa shape index (κ1) is 11.8. The van der Waals surface area contributed by atoms with Gasteiger partial charge < -0.3 is 0 Å². The standard InChI is InChI=1S/C11H10ClN3O2/c1-15(17-2)11(16)7-3-4-8-9(5-7)13-6-10(12)14-8/h3-6H,1-2H3. The molecular weight excluding hydrogens is 242 g/mol. The molecule has 2 aromatic rings. The third-order valence-electron chi connectivity index (χ3n) is 2.32. The van der Waals surface area contributed by atoms with Gasteiger partial charge in [0, 0.05) is 12.6 Å². The van der Waals surface area contributed by atoms with Crippen molar-refractivity contribution in [3.8, 4) is 0 Å². The lowest BCUT2D eigenvalue weighted by Crippen LogP contribution is -2.25. The highest BCUT2D eigenvalue weighted by Crippen LogP contribution is 2.15. The van der Waals surface area contributed by atoms with E-state index in [-0.39, 0.29) is 5.91 Å². The number of fused-ring (bicyclic) bond motifs is 1. The molecule has 0 N–H and O–H groups in total. The van der Waals surface area contributed by atoms with Gasteiger partial charge in [0.05, 0.1) is 24.3 Å². The van der Waals surface area contributed by atoms with Crippen LogP contribution < -0.4 is 0 Å². The average molecular weight is 252 g/mol. The number of nitrogens with zero attached hydrogens (tertiary/aromatic N) is 3. The van der Waals surface area contributed by atoms with E-state index in [1.165, 1.54) is 13.3 Å². The maximum atomic E-state index is 11.8. The molecule has 0 fully saturated rings. The number of hydrogen-bond acceptors (Lipinski definition) is 4. The molecule has 17 heavy (non-hydrogen) atoms. The molecule has 0 bridgehead atoms. The molecular formula is C11H10ClN3O2. The monoisotopic (exact) mass is 251 g/mol. The summed E-state index contributed by atoms with van der Waals surface area (Å²) in [5.41, 5.74) is 1.75. The van der Waals surface area contributed by atoms with Crippen LogP contribution in [0.1, 0.15) is 10.4 Å². The largest absolute Gasteiger partial charge is 0.277 e. The summed E-state index contributed by atoms with van der Waals surface area (Å²) >= 11 is 5.73. The van der Waals surface area contributed by atoms with Gasteiger partial charge in [0.25, 0.3) is 5.91 Å². The summed E-state index contributed by atoms with van der Waals surface area (Å²) in [5.74, 6) is -0.244. The highest BCUT2D eigenvalue weighted by Gasteiger charge is 2.12. The number of carbonyl (C=O) groups excluding carboxylic acids is 1. The van der Waals surface area contributed by atoms with E-state index in [1.807, 2.05) is 0 Å². The molecule has 0 aliphatic rings. The minimum absolute atomic E-state index is 0.244. The topological polar surface area (TPSA) is 55.3 Å². The van der Waals surface area contributed by atoms with Crippen molar-refractivity contribution >= 4 is 28.5 Å². The molecule has 0 atom stereocenters. The summed E-state index contributed by atoms with van der Waals surface area (Å²) in [6, 6.07) is 5.01. The van der Waals surface area contributed by atoms with E-state index in [1.54, 1.807) is 25.2 Å². The second-order valence-electron chi connectivity index (χ2n) is 3.38. The van der Waals surface area contributed by atoms with Gasteiger partial charge in [0.2, 0.25) is 0 Å². The van der Waals surface area contributed by atoms with Crippen molar-refractivity contribution in [3.63, 3.8) is 0 Å². The van der Waals surface area contributed by atoms with E-state index < -0.39 is 0 Å². The van der Waals surface area contributed by atoms with Gasteiger partial charge in [-0.25, -0.2) is 10.0 Å². The number of aromatic nitrogens is 2. The van der Waals surface area contributed by atoms with Crippen LogP contribution in [0.15, 0.2) is 24.4 Å². The van der Waals surface area contributed by atoms with E-state index in [4.69, 9.17) is 16.4 Å². The normalized spacial score (nSPS) is 10.5. The van der Waals surface area contributed by atoms with Crippen molar-refractivity contribution in [3.05, 3.63) is 35.1 Å². The zero-order chi connectivity index (χ0) is 12.4. The SMILES string of the molecule is CON(C)C(=O)c1ccc2nc(Cl)cnc2c1. The van der Waals surface area contributed by atoms with Gasteiger partial charge in [-0.15, -0.1) is 0 Å². The molecule has 0 aliphatic carbocycles. The van der Waals surface area contributed by atoms with Gasteiger partial charge in [0.1, 0.15) is 5.15 Å². The number of halogens is 1. The molecule has 6 heteroatoms. The lowest BCUT2D eigenvalue weighted by Gasteiger charge is -2.13. The molecule has 0 saturated carbocycles. The number of carbonyl (C=O) groups is 1. The number of hydrogen-bond donors (Lipinski definition) is 0. The zero-order valence-corrected chi connectivity index (χ0v) is 10.1. The summed E-state index contributed by atoms with van der Waals surface area (Å²) in [6.45, 7) is 0. The molecule has 0 radical (unpaired) electrons. The van der Waals surface area contributed by atoms with E-state index in [0.29, 0.717) is 21.7 Å². The van der Waals surface area contributed by atoms with Crippen LogP contribution in [0.5, 0.6) is 0 Å². The molecule has 1 amide bonds. The summed E-state index contributed by atoms with van der Waals surface area (Å²) < 4.78 is 0. The molecule has 1 aromatic heterocycles. The molecule has 5 nitrogen and oxygen atoms in total. The lowest BCUT2D eigenvalue weighted by atomic mass is 10.2. The van der Waals surface area contributed by atoms with Crippen LogP contribution in [-0.2, 0) is 4.84 Å². The molecule has 88 valence electrons. The summed E-state index contributed by atoms with van der Waals surface area (Å²) in [5, 5.41) is 1.47. The second kappa shape index (κ2) is 4.65. The van der Waals surface area contributed by atoms with Crippen LogP contribution >= 0.6 is 11.6 Å². The van der Waals surface area contributed by atoms with E-state index in [0.717, 1.165) is 5.06 Å². The van der Waals surface area contributed by atoms with E-state index >= 15 is 0 Å². The van der Waals surface area contributed by atoms with E-state index in [9.17, 15) is 4.79 Å². The minimum atomic E-state index is -0.244. The fourth-order valence-corrected chi connectivity index (χ4v) is 1.53. The van der Waals surface area contributed by atoms with Crippen molar-refractivity contribution in [2.75, 3.05) is 14.2 Å². The molecule has 0 saturated heterocycles. The third-order valence-corrected chi connectivity index (χ3v) is 2.50. The van der Waals surface area contributed by atoms with Crippen LogP contribution in [0.2, 0.25) is 5.15 Å². The van der Waals surface area contributed by atoms with Crippen molar-refractivity contribution in [2.24, 2.45) is 0 Å². The van der Waals surface area contributed by atoms with Crippen LogP contribution in [0.4, 0.5) is 0 Å². The van der Waals surface area contributed by atoms with Crippen molar-refractivity contribution in [1.29, 1.82) is 0 Å². The quantitative estimate of drug-likeness (QED) is 0.765. The van der Waals surface area contributed by atoms with Gasteiger partial charge in [-0.3, -0.25) is 14.6 Å². The Bertz CT molecular complexity index is 574. The number of rotatable bonds is 2. The first-order valence-electron chi connectivity index (χ1n) is 4.86. The number of benzene rings is 1. The van der Waals surface area contributed by atoms with Crippen molar-refractivity contribution in [2.45, 2.75) is 0 Å². The minimum Gasteiger partial charge on any atom is -0.274 e. The fraction of sp³-hybridized carbons (Fsp3) is 0.182. The Morgan fingerprint density at radius 2 is 2.18 bits per heavy atom. The molecule has 0 aliphatic heterocycles. The smallest absolute Gasteiger partial charge is 0.274 e. The highest BCUT2D eigenvalue weighted by atomic mass is 35.5. The Labute approximate surface area is 103 Å². The fourth-order valence-electron chi connectivity index (χ4n) is 1.39. The predicted molar refractivity (Wildman–Crippen MR) is 63.7 cm³/mol. The van der Waals surface area contributed by atoms with Crippen LogP contribution in [0.25, 0.3) is 11.0 Å². The van der Waals surface area contributed by atoms with Gasteiger partial charge in [-0.2, -0.15) is 0 Å². The summed E-state index contributed by atoms with van der Waals surface area (Å²) in [4.78, 5) is 24.8. The van der Waals surface area contributed by atoms with Crippen molar-refractivity contribution < 1.29 is 9.63 Å². The predicted octanol–water partition coefficient (Wildman–Crippen LogP) is 1.92. The first-order chi connectivity index (χ1) is 8.11. The van der Waals surface area contributed by atoms with Gasteiger partial charge >= 0.3 is 0 Å². The molecule has 1 heterocycles. The summed E-state index contributed by atoms with van der Waals surface area (Å²) in [7, 11) is 2.97. The van der Waals surface area contributed by atoms with Crippen LogP contribution in [0.3, 0.4) is 0 Å². The van der Waals surface area contributed by atoms with E-state index in [2.05, 4.69) is 9.97 Å². The summed E-state index contributed by atoms with van der Waals surface area (Å²) in [6.07, 6.45) is 1.44. The number of amides is 1. The van der Waals surface area contributed by atoms with Gasteiger partial charge in [-0.05, 0) is 18.2 Å². The Kier molecular flexibility index (Phi) is 3.21. The van der Waals surface area contributed by atoms with Crippen molar-refractivity contribution in [1.82, 2.24) is 15.0 Å². The first-order valence-corrected chi connectivity index (χ1v) is 5.24. The third kappa shape index (κ3) is 2.35. The van der Waals surface area contributed by atoms with Gasteiger partial charge in [-0.1, -0.05) is 11.6 Å². The number of hydroxylamine groups is 2. The second-order valence-corrected chi connectivity index (χ2v) is 3.77. The average Bonchev–Trinajstić information content (AvgIpc) is 2.36. The Morgan fingerprint density at radius 1 is 1.41 bits per heavy atom. The van der Waals surface area contributed by atoms with Crippen LogP contribution in [-0.4, -0.2) is 35.1 Å². The Balaban J connectivity index is 2.45. The maximum absolute atomic E-state index is 11.8. The molecule has 0 unspecified atom stereocenters. The highest BCUT2D eigenvalue weighted by molar-refractivity contribution is 6.29.